The van der Waals surface area contributed by atoms with Gasteiger partial charge in [0.2, 0.25) is 0 Å². The third-order valence-electron chi connectivity index (χ3n) is 3.19. The Balaban J connectivity index is 1.94. The first-order chi connectivity index (χ1) is 9.58. The van der Waals surface area contributed by atoms with Crippen molar-refractivity contribution < 1.29 is 13.2 Å². The van der Waals surface area contributed by atoms with Gasteiger partial charge in [0, 0.05) is 11.6 Å². The molecule has 0 aliphatic heterocycles. The Labute approximate surface area is 116 Å². The van der Waals surface area contributed by atoms with E-state index in [-0.39, 0.29) is 11.4 Å². The zero-order valence-electron chi connectivity index (χ0n) is 11.2. The molecule has 0 aliphatic rings. The van der Waals surface area contributed by atoms with Crippen LogP contribution in [0.3, 0.4) is 0 Å². The van der Waals surface area contributed by atoms with E-state index in [9.17, 15) is 13.2 Å². The molecule has 0 spiro atoms. The van der Waals surface area contributed by atoms with Gasteiger partial charge in [-0.1, -0.05) is 18.2 Å². The molecule has 4 heteroatoms. The first kappa shape index (κ1) is 14.6. The molecular weight excluding hydrogens is 263 g/mol. The van der Waals surface area contributed by atoms with Crippen molar-refractivity contribution in [3.8, 4) is 0 Å². The van der Waals surface area contributed by atoms with Crippen molar-refractivity contribution in [1.82, 2.24) is 5.32 Å². The Morgan fingerprint density at radius 2 is 1.65 bits per heavy atom. The van der Waals surface area contributed by atoms with Crippen LogP contribution in [0.4, 0.5) is 13.2 Å². The van der Waals surface area contributed by atoms with E-state index in [0.29, 0.717) is 13.0 Å². The van der Waals surface area contributed by atoms with E-state index in [1.165, 1.54) is 30.3 Å². The molecule has 0 heterocycles. The maximum Gasteiger partial charge on any atom is 0.130 e. The molecule has 106 valence electrons. The van der Waals surface area contributed by atoms with Crippen molar-refractivity contribution in [2.24, 2.45) is 0 Å². The van der Waals surface area contributed by atoms with Gasteiger partial charge in [-0.05, 0) is 49.7 Å². The highest BCUT2D eigenvalue weighted by molar-refractivity contribution is 5.23. The largest absolute Gasteiger partial charge is 0.310 e. The monoisotopic (exact) mass is 279 g/mol. The number of rotatable bonds is 5. The summed E-state index contributed by atoms with van der Waals surface area (Å²) in [5.41, 5.74) is 0.880. The highest BCUT2D eigenvalue weighted by atomic mass is 19.1. The molecule has 1 atom stereocenters. The first-order valence-electron chi connectivity index (χ1n) is 6.49. The van der Waals surface area contributed by atoms with Gasteiger partial charge in [-0.2, -0.15) is 0 Å². The number of hydrogen-bond acceptors (Lipinski definition) is 1. The van der Waals surface area contributed by atoms with Gasteiger partial charge in [0.1, 0.15) is 17.5 Å². The van der Waals surface area contributed by atoms with Crippen molar-refractivity contribution in [1.29, 1.82) is 0 Å². The molecule has 0 bridgehead atoms. The highest BCUT2D eigenvalue weighted by Gasteiger charge is 2.15. The normalized spacial score (nSPS) is 12.4. The molecule has 0 aromatic heterocycles. The zero-order chi connectivity index (χ0) is 14.5. The van der Waals surface area contributed by atoms with Crippen molar-refractivity contribution >= 4 is 0 Å². The molecule has 0 amide bonds. The molecule has 2 rings (SSSR count). The molecule has 1 unspecified atom stereocenters. The van der Waals surface area contributed by atoms with Crippen molar-refractivity contribution in [2.45, 2.75) is 19.4 Å². The van der Waals surface area contributed by atoms with Gasteiger partial charge in [-0.15, -0.1) is 0 Å². The van der Waals surface area contributed by atoms with Gasteiger partial charge in [0.25, 0.3) is 0 Å². The average molecular weight is 279 g/mol. The van der Waals surface area contributed by atoms with Crippen LogP contribution in [-0.4, -0.2) is 6.54 Å². The Kier molecular flexibility index (Phi) is 4.79. The fraction of sp³-hybridized carbons (Fsp3) is 0.250. The minimum Gasteiger partial charge on any atom is -0.310 e. The SMILES string of the molecule is CC(NCCc1cccc(F)c1)c1c(F)cccc1F. The summed E-state index contributed by atoms with van der Waals surface area (Å²) in [4.78, 5) is 0. The molecular formula is C16H16F3N. The topological polar surface area (TPSA) is 12.0 Å². The second-order valence-corrected chi connectivity index (χ2v) is 4.69. The third kappa shape index (κ3) is 3.61. The van der Waals surface area contributed by atoms with Gasteiger partial charge in [-0.3, -0.25) is 0 Å². The summed E-state index contributed by atoms with van der Waals surface area (Å²) in [6, 6.07) is 9.68. The molecule has 0 saturated carbocycles. The summed E-state index contributed by atoms with van der Waals surface area (Å²) >= 11 is 0. The first-order valence-corrected chi connectivity index (χ1v) is 6.49. The van der Waals surface area contributed by atoms with Crippen LogP contribution in [0, 0.1) is 17.5 Å². The van der Waals surface area contributed by atoms with Crippen LogP contribution >= 0.6 is 0 Å². The van der Waals surface area contributed by atoms with Crippen molar-refractivity contribution in [3.63, 3.8) is 0 Å². The second kappa shape index (κ2) is 6.57. The van der Waals surface area contributed by atoms with Crippen LogP contribution < -0.4 is 5.32 Å². The molecule has 0 radical (unpaired) electrons. The average Bonchev–Trinajstić information content (AvgIpc) is 2.38. The lowest BCUT2D eigenvalue weighted by Gasteiger charge is -2.15. The van der Waals surface area contributed by atoms with E-state index in [1.54, 1.807) is 13.0 Å². The van der Waals surface area contributed by atoms with Crippen molar-refractivity contribution in [3.05, 3.63) is 71.0 Å². The Hall–Kier alpha value is -1.81. The standard InChI is InChI=1S/C16H16F3N/c1-11(16-14(18)6-3-7-15(16)19)20-9-8-12-4-2-5-13(17)10-12/h2-7,10-11,20H,8-9H2,1H3. The lowest BCUT2D eigenvalue weighted by Crippen LogP contribution is -2.23. The molecule has 1 nitrogen and oxygen atoms in total. The van der Waals surface area contributed by atoms with Gasteiger partial charge >= 0.3 is 0 Å². The van der Waals surface area contributed by atoms with Crippen LogP contribution in [0.25, 0.3) is 0 Å². The lowest BCUT2D eigenvalue weighted by molar-refractivity contribution is 0.490. The summed E-state index contributed by atoms with van der Waals surface area (Å²) in [5, 5.41) is 3.05. The van der Waals surface area contributed by atoms with E-state index in [4.69, 9.17) is 0 Å². The van der Waals surface area contributed by atoms with E-state index in [2.05, 4.69) is 5.32 Å². The summed E-state index contributed by atoms with van der Waals surface area (Å²) in [6.45, 7) is 2.21. The minimum atomic E-state index is -0.559. The summed E-state index contributed by atoms with van der Waals surface area (Å²) in [7, 11) is 0. The molecule has 0 saturated heterocycles. The molecule has 1 N–H and O–H groups in total. The quantitative estimate of drug-likeness (QED) is 0.872. The van der Waals surface area contributed by atoms with Crippen LogP contribution in [0.2, 0.25) is 0 Å². The number of halogens is 3. The molecule has 2 aromatic rings. The Morgan fingerprint density at radius 3 is 2.30 bits per heavy atom. The third-order valence-corrected chi connectivity index (χ3v) is 3.19. The zero-order valence-corrected chi connectivity index (χ0v) is 11.2. The maximum absolute atomic E-state index is 13.6. The molecule has 0 fully saturated rings. The van der Waals surface area contributed by atoms with E-state index in [1.807, 2.05) is 6.07 Å². The lowest BCUT2D eigenvalue weighted by atomic mass is 10.1. The number of nitrogens with one attached hydrogen (secondary N) is 1. The Bertz CT molecular complexity index is 563. The summed E-state index contributed by atoms with van der Waals surface area (Å²) in [5.74, 6) is -1.40. The molecule has 0 aliphatic carbocycles. The van der Waals surface area contributed by atoms with E-state index >= 15 is 0 Å². The van der Waals surface area contributed by atoms with Crippen LogP contribution in [0.1, 0.15) is 24.1 Å². The summed E-state index contributed by atoms with van der Waals surface area (Å²) < 4.78 is 40.2. The predicted molar refractivity (Wildman–Crippen MR) is 72.9 cm³/mol. The smallest absolute Gasteiger partial charge is 0.130 e. The second-order valence-electron chi connectivity index (χ2n) is 4.69. The Morgan fingerprint density at radius 1 is 1.00 bits per heavy atom. The van der Waals surface area contributed by atoms with Crippen LogP contribution in [0.5, 0.6) is 0 Å². The van der Waals surface area contributed by atoms with Gasteiger partial charge in [0.05, 0.1) is 0 Å². The van der Waals surface area contributed by atoms with E-state index < -0.39 is 17.7 Å². The fourth-order valence-corrected chi connectivity index (χ4v) is 2.15. The maximum atomic E-state index is 13.6. The summed E-state index contributed by atoms with van der Waals surface area (Å²) in [6.07, 6.45) is 0.595. The van der Waals surface area contributed by atoms with Gasteiger partial charge in [-0.25, -0.2) is 13.2 Å². The highest BCUT2D eigenvalue weighted by Crippen LogP contribution is 2.20. The number of hydrogen-bond donors (Lipinski definition) is 1. The molecule has 2 aromatic carbocycles. The number of benzene rings is 2. The van der Waals surface area contributed by atoms with Crippen LogP contribution in [-0.2, 0) is 6.42 Å². The minimum absolute atomic E-state index is 0.0340. The predicted octanol–water partition coefficient (Wildman–Crippen LogP) is 4.00. The van der Waals surface area contributed by atoms with E-state index in [0.717, 1.165) is 5.56 Å². The van der Waals surface area contributed by atoms with Gasteiger partial charge in [0.15, 0.2) is 0 Å². The fourth-order valence-electron chi connectivity index (χ4n) is 2.15. The van der Waals surface area contributed by atoms with Crippen LogP contribution in [0.15, 0.2) is 42.5 Å². The van der Waals surface area contributed by atoms with Crippen molar-refractivity contribution in [2.75, 3.05) is 6.54 Å². The molecule has 20 heavy (non-hydrogen) atoms. The van der Waals surface area contributed by atoms with Gasteiger partial charge < -0.3 is 5.32 Å².